The van der Waals surface area contributed by atoms with E-state index in [1.165, 1.54) is 0 Å². The number of fused-ring (bicyclic) bond motifs is 1. The van der Waals surface area contributed by atoms with Crippen molar-refractivity contribution in [1.82, 2.24) is 19.8 Å². The fourth-order valence-electron chi connectivity index (χ4n) is 3.16. The highest BCUT2D eigenvalue weighted by Gasteiger charge is 2.17. The SMILES string of the molecule is C=CCN(CC=C)C(=O)Cn1c(CNC(=O)COc2ccccc2)nc2ccccc21. The average molecular weight is 418 g/mol. The molecule has 0 aliphatic heterocycles. The molecule has 7 heteroatoms. The molecule has 0 saturated heterocycles. The van der Waals surface area contributed by atoms with E-state index >= 15 is 0 Å². The lowest BCUT2D eigenvalue weighted by Crippen LogP contribution is -2.35. The van der Waals surface area contributed by atoms with Crippen LogP contribution in [0.5, 0.6) is 5.75 Å². The number of hydrogen-bond acceptors (Lipinski definition) is 4. The van der Waals surface area contributed by atoms with Crippen molar-refractivity contribution in [2.45, 2.75) is 13.1 Å². The predicted octanol–water partition coefficient (Wildman–Crippen LogP) is 2.93. The molecule has 0 radical (unpaired) electrons. The van der Waals surface area contributed by atoms with Crippen molar-refractivity contribution in [2.75, 3.05) is 19.7 Å². The number of nitrogens with one attached hydrogen (secondary N) is 1. The molecule has 0 fully saturated rings. The number of ether oxygens (including phenoxy) is 1. The van der Waals surface area contributed by atoms with Crippen LogP contribution in [0, 0.1) is 0 Å². The molecule has 1 heterocycles. The minimum absolute atomic E-state index is 0.0806. The lowest BCUT2D eigenvalue weighted by molar-refractivity contribution is -0.130. The van der Waals surface area contributed by atoms with E-state index in [4.69, 9.17) is 4.74 Å². The van der Waals surface area contributed by atoms with Gasteiger partial charge in [0.05, 0.1) is 17.6 Å². The van der Waals surface area contributed by atoms with Crippen LogP contribution in [0.2, 0.25) is 0 Å². The van der Waals surface area contributed by atoms with Crippen molar-refractivity contribution in [2.24, 2.45) is 0 Å². The molecule has 3 rings (SSSR count). The molecule has 31 heavy (non-hydrogen) atoms. The summed E-state index contributed by atoms with van der Waals surface area (Å²) in [7, 11) is 0. The van der Waals surface area contributed by atoms with Crippen LogP contribution in [0.1, 0.15) is 5.82 Å². The Bertz CT molecular complexity index is 1050. The summed E-state index contributed by atoms with van der Waals surface area (Å²) in [6, 6.07) is 16.7. The Kier molecular flexibility index (Phi) is 7.59. The van der Waals surface area contributed by atoms with E-state index in [-0.39, 0.29) is 31.5 Å². The number of imidazole rings is 1. The van der Waals surface area contributed by atoms with Crippen LogP contribution in [0.25, 0.3) is 11.0 Å². The first-order chi connectivity index (χ1) is 15.1. The van der Waals surface area contributed by atoms with Crippen LogP contribution >= 0.6 is 0 Å². The quantitative estimate of drug-likeness (QED) is 0.486. The molecule has 0 aliphatic rings. The van der Waals surface area contributed by atoms with E-state index < -0.39 is 0 Å². The standard InChI is InChI=1S/C24H26N4O3/c1-3-14-27(15-4-2)24(30)17-28-21-13-9-8-12-20(21)26-22(28)16-25-23(29)18-31-19-10-6-5-7-11-19/h3-13H,1-2,14-18H2,(H,25,29). The Balaban J connectivity index is 1.71. The number of benzene rings is 2. The van der Waals surface area contributed by atoms with Crippen molar-refractivity contribution >= 4 is 22.8 Å². The summed E-state index contributed by atoms with van der Waals surface area (Å²) in [5.74, 6) is 0.872. The van der Waals surface area contributed by atoms with Crippen molar-refractivity contribution in [3.05, 3.63) is 85.7 Å². The van der Waals surface area contributed by atoms with Crippen molar-refractivity contribution in [3.63, 3.8) is 0 Å². The van der Waals surface area contributed by atoms with E-state index in [0.29, 0.717) is 24.7 Å². The first-order valence-corrected chi connectivity index (χ1v) is 10.0. The lowest BCUT2D eigenvalue weighted by atomic mass is 10.3. The number of hydrogen-bond donors (Lipinski definition) is 1. The van der Waals surface area contributed by atoms with E-state index in [1.807, 2.05) is 47.0 Å². The van der Waals surface area contributed by atoms with Crippen LogP contribution in [-0.4, -0.2) is 46.0 Å². The number of nitrogens with zero attached hydrogens (tertiary/aromatic N) is 3. The van der Waals surface area contributed by atoms with Crippen LogP contribution in [0.3, 0.4) is 0 Å². The monoisotopic (exact) mass is 418 g/mol. The van der Waals surface area contributed by atoms with Crippen molar-refractivity contribution in [1.29, 1.82) is 0 Å². The minimum Gasteiger partial charge on any atom is -0.484 e. The zero-order chi connectivity index (χ0) is 22.1. The second kappa shape index (κ2) is 10.8. The third kappa shape index (κ3) is 5.82. The van der Waals surface area contributed by atoms with Gasteiger partial charge in [0, 0.05) is 13.1 Å². The molecule has 1 aromatic heterocycles. The molecule has 0 spiro atoms. The molecule has 0 aliphatic carbocycles. The number of amides is 2. The Labute approximate surface area is 181 Å². The minimum atomic E-state index is -0.270. The highest BCUT2D eigenvalue weighted by Crippen LogP contribution is 2.16. The van der Waals surface area contributed by atoms with E-state index in [2.05, 4.69) is 23.5 Å². The zero-order valence-electron chi connectivity index (χ0n) is 17.4. The van der Waals surface area contributed by atoms with Crippen LogP contribution < -0.4 is 10.1 Å². The maximum atomic E-state index is 12.9. The molecule has 7 nitrogen and oxygen atoms in total. The van der Waals surface area contributed by atoms with Crippen molar-refractivity contribution in [3.8, 4) is 5.75 Å². The zero-order valence-corrected chi connectivity index (χ0v) is 17.4. The summed E-state index contributed by atoms with van der Waals surface area (Å²) in [5, 5.41) is 2.82. The molecule has 0 bridgehead atoms. The van der Waals surface area contributed by atoms with Gasteiger partial charge in [-0.2, -0.15) is 0 Å². The van der Waals surface area contributed by atoms with E-state index in [9.17, 15) is 9.59 Å². The van der Waals surface area contributed by atoms with Gasteiger partial charge in [0.1, 0.15) is 18.1 Å². The molecule has 0 unspecified atom stereocenters. The Morgan fingerprint density at radius 2 is 1.71 bits per heavy atom. The molecular formula is C24H26N4O3. The predicted molar refractivity (Wildman–Crippen MR) is 120 cm³/mol. The second-order valence-electron chi connectivity index (χ2n) is 6.86. The van der Waals surface area contributed by atoms with Gasteiger partial charge >= 0.3 is 0 Å². The smallest absolute Gasteiger partial charge is 0.258 e. The summed E-state index contributed by atoms with van der Waals surface area (Å²) in [4.78, 5) is 31.4. The fraction of sp³-hybridized carbons (Fsp3) is 0.208. The van der Waals surface area contributed by atoms with Gasteiger partial charge in [-0.1, -0.05) is 42.5 Å². The molecule has 2 aromatic carbocycles. The van der Waals surface area contributed by atoms with Gasteiger partial charge in [0.25, 0.3) is 5.91 Å². The molecule has 3 aromatic rings. The van der Waals surface area contributed by atoms with Gasteiger partial charge in [-0.25, -0.2) is 4.98 Å². The number of carbonyl (C=O) groups excluding carboxylic acids is 2. The first kappa shape index (κ1) is 21.8. The van der Waals surface area contributed by atoms with E-state index in [0.717, 1.165) is 11.0 Å². The topological polar surface area (TPSA) is 76.5 Å². The molecule has 0 saturated carbocycles. The van der Waals surface area contributed by atoms with Crippen LogP contribution in [0.4, 0.5) is 0 Å². The molecular weight excluding hydrogens is 392 g/mol. The van der Waals surface area contributed by atoms with Gasteiger partial charge in [-0.05, 0) is 24.3 Å². The maximum Gasteiger partial charge on any atom is 0.258 e. The van der Waals surface area contributed by atoms with Crippen molar-refractivity contribution < 1.29 is 14.3 Å². The number of aromatic nitrogens is 2. The van der Waals surface area contributed by atoms with Gasteiger partial charge in [0.15, 0.2) is 6.61 Å². The summed E-state index contributed by atoms with van der Waals surface area (Å²) < 4.78 is 7.30. The molecule has 2 amide bonds. The molecule has 160 valence electrons. The Hall–Kier alpha value is -3.87. The fourth-order valence-corrected chi connectivity index (χ4v) is 3.16. The van der Waals surface area contributed by atoms with Gasteiger partial charge < -0.3 is 19.5 Å². The maximum absolute atomic E-state index is 12.9. The third-order valence-corrected chi connectivity index (χ3v) is 4.64. The highest BCUT2D eigenvalue weighted by molar-refractivity contribution is 5.82. The summed E-state index contributed by atoms with van der Waals surface area (Å²) in [6.45, 7) is 8.47. The lowest BCUT2D eigenvalue weighted by Gasteiger charge is -2.20. The van der Waals surface area contributed by atoms with Gasteiger partial charge in [-0.3, -0.25) is 9.59 Å². The summed E-state index contributed by atoms with van der Waals surface area (Å²) in [6.07, 6.45) is 3.36. The molecule has 1 N–H and O–H groups in total. The second-order valence-corrected chi connectivity index (χ2v) is 6.86. The number of carbonyl (C=O) groups is 2. The summed E-state index contributed by atoms with van der Waals surface area (Å²) in [5.41, 5.74) is 1.59. The first-order valence-electron chi connectivity index (χ1n) is 10.0. The van der Waals surface area contributed by atoms with Gasteiger partial charge in [-0.15, -0.1) is 13.2 Å². The third-order valence-electron chi connectivity index (χ3n) is 4.64. The van der Waals surface area contributed by atoms with Crippen LogP contribution in [0.15, 0.2) is 79.9 Å². The van der Waals surface area contributed by atoms with Crippen LogP contribution in [-0.2, 0) is 22.7 Å². The number of para-hydroxylation sites is 3. The largest absolute Gasteiger partial charge is 0.484 e. The van der Waals surface area contributed by atoms with Gasteiger partial charge in [0.2, 0.25) is 5.91 Å². The number of rotatable bonds is 11. The highest BCUT2D eigenvalue weighted by atomic mass is 16.5. The van der Waals surface area contributed by atoms with E-state index in [1.54, 1.807) is 29.2 Å². The Morgan fingerprint density at radius 1 is 1.03 bits per heavy atom. The Morgan fingerprint density at radius 3 is 2.42 bits per heavy atom. The normalized spacial score (nSPS) is 10.5. The average Bonchev–Trinajstić information content (AvgIpc) is 3.14. The summed E-state index contributed by atoms with van der Waals surface area (Å²) >= 11 is 0. The molecule has 0 atom stereocenters.